The summed E-state index contributed by atoms with van der Waals surface area (Å²) in [5.41, 5.74) is 2.42. The lowest BCUT2D eigenvalue weighted by molar-refractivity contribution is -0.122. The number of hydrogen-bond acceptors (Lipinski definition) is 5. The molecule has 1 aromatic carbocycles. The van der Waals surface area contributed by atoms with Crippen LogP contribution in [0.3, 0.4) is 0 Å². The number of ether oxygens (including phenoxy) is 2. The van der Waals surface area contributed by atoms with Crippen LogP contribution >= 0.6 is 0 Å². The molecule has 0 aromatic heterocycles. The van der Waals surface area contributed by atoms with E-state index in [-0.39, 0.29) is 6.42 Å². The highest BCUT2D eigenvalue weighted by molar-refractivity contribution is 5.81. The molecule has 0 saturated heterocycles. The molecule has 1 N–H and O–H groups in total. The first-order chi connectivity index (χ1) is 13.8. The van der Waals surface area contributed by atoms with E-state index in [4.69, 9.17) is 9.47 Å². The molecule has 30 heavy (non-hydrogen) atoms. The Balaban J connectivity index is 3.52. The Bertz CT molecular complexity index is 786. The smallest absolute Gasteiger partial charge is 0.430 e. The summed E-state index contributed by atoms with van der Waals surface area (Å²) in [5.74, 6) is 0. The molecule has 0 spiro atoms. The van der Waals surface area contributed by atoms with Crippen molar-refractivity contribution in [2.75, 3.05) is 0 Å². The number of carbonyl (C=O) groups is 3. The van der Waals surface area contributed by atoms with Gasteiger partial charge in [-0.05, 0) is 66.0 Å². The summed E-state index contributed by atoms with van der Waals surface area (Å²) >= 11 is 0. The third-order valence-electron chi connectivity index (χ3n) is 3.86. The van der Waals surface area contributed by atoms with Gasteiger partial charge in [-0.1, -0.05) is 36.9 Å². The number of nitrogens with one attached hydrogen (secondary N) is 1. The summed E-state index contributed by atoms with van der Waals surface area (Å²) < 4.78 is 10.8. The molecule has 1 rings (SSSR count). The maximum Gasteiger partial charge on any atom is 0.430 e. The van der Waals surface area contributed by atoms with Crippen molar-refractivity contribution < 1.29 is 23.9 Å². The maximum absolute atomic E-state index is 13.1. The quantitative estimate of drug-likeness (QED) is 0.406. The highest BCUT2D eigenvalue weighted by atomic mass is 16.6. The number of allylic oxidation sites excluding steroid dienone is 1. The Morgan fingerprint density at radius 3 is 2.10 bits per heavy atom. The van der Waals surface area contributed by atoms with E-state index in [0.717, 1.165) is 5.01 Å². The summed E-state index contributed by atoms with van der Waals surface area (Å²) in [5, 5.41) is 0.908. The van der Waals surface area contributed by atoms with E-state index in [2.05, 4.69) is 17.7 Å². The molecule has 7 nitrogen and oxygen atoms in total. The van der Waals surface area contributed by atoms with Crippen molar-refractivity contribution in [1.29, 1.82) is 0 Å². The number of hydrazine groups is 1. The van der Waals surface area contributed by atoms with Crippen molar-refractivity contribution in [2.45, 2.75) is 71.1 Å². The fourth-order valence-corrected chi connectivity index (χ4v) is 2.69. The van der Waals surface area contributed by atoms with E-state index in [9.17, 15) is 14.4 Å². The molecular formula is C23H32N2O5. The first-order valence-electron chi connectivity index (χ1n) is 9.73. The molecule has 164 valence electrons. The standard InChI is InChI=1S/C23H32N2O5/c1-8-9-13-16-23(17-26,18-14-11-10-12-15-18)25(20(28)30-22(5,6)7)24-19(27)29-21(2,3)4/h9-12,14-15,17H,1,13,16H2,2-7H3,(H,24,27)/t23-/m1/s1. The second-order valence-electron chi connectivity index (χ2n) is 8.78. The lowest BCUT2D eigenvalue weighted by Gasteiger charge is -2.40. The van der Waals surface area contributed by atoms with Gasteiger partial charge in [0.25, 0.3) is 0 Å². The molecule has 0 aliphatic heterocycles. The number of nitrogens with zero attached hydrogens (tertiary/aromatic N) is 1. The zero-order valence-electron chi connectivity index (χ0n) is 18.7. The first-order valence-corrected chi connectivity index (χ1v) is 9.73. The molecule has 0 fully saturated rings. The van der Waals surface area contributed by atoms with Gasteiger partial charge in [0.2, 0.25) is 0 Å². The topological polar surface area (TPSA) is 84.9 Å². The summed E-state index contributed by atoms with van der Waals surface area (Å²) in [7, 11) is 0. The second-order valence-corrected chi connectivity index (χ2v) is 8.78. The fourth-order valence-electron chi connectivity index (χ4n) is 2.69. The Kier molecular flexibility index (Phi) is 8.43. The number of hydrogen-bond donors (Lipinski definition) is 1. The lowest BCUT2D eigenvalue weighted by atomic mass is 9.86. The zero-order chi connectivity index (χ0) is 23.0. The normalized spacial score (nSPS) is 13.3. The van der Waals surface area contributed by atoms with E-state index < -0.39 is 28.9 Å². The van der Waals surface area contributed by atoms with Gasteiger partial charge >= 0.3 is 12.2 Å². The van der Waals surface area contributed by atoms with Crippen LogP contribution < -0.4 is 5.43 Å². The van der Waals surface area contributed by atoms with Crippen molar-refractivity contribution in [1.82, 2.24) is 10.4 Å². The Morgan fingerprint density at radius 1 is 1.07 bits per heavy atom. The third-order valence-corrected chi connectivity index (χ3v) is 3.86. The minimum Gasteiger partial charge on any atom is -0.443 e. The maximum atomic E-state index is 13.1. The van der Waals surface area contributed by atoms with Crippen LogP contribution in [0.15, 0.2) is 48.7 Å². The van der Waals surface area contributed by atoms with Gasteiger partial charge < -0.3 is 14.3 Å². The predicted molar refractivity (Wildman–Crippen MR) is 115 cm³/mol. The Labute approximate surface area is 178 Å². The van der Waals surface area contributed by atoms with Gasteiger partial charge in [0.05, 0.1) is 0 Å². The summed E-state index contributed by atoms with van der Waals surface area (Å²) in [4.78, 5) is 38.2. The highest BCUT2D eigenvalue weighted by Crippen LogP contribution is 2.32. The third kappa shape index (κ3) is 7.41. The molecule has 0 heterocycles. The van der Waals surface area contributed by atoms with Crippen LogP contribution in [0.1, 0.15) is 59.9 Å². The summed E-state index contributed by atoms with van der Waals surface area (Å²) in [6, 6.07) is 8.71. The predicted octanol–water partition coefficient (Wildman–Crippen LogP) is 4.88. The van der Waals surface area contributed by atoms with Crippen LogP contribution in [0.25, 0.3) is 0 Å². The number of carbonyl (C=O) groups excluding carboxylic acids is 3. The average Bonchev–Trinajstić information content (AvgIpc) is 2.62. The van der Waals surface area contributed by atoms with Crippen molar-refractivity contribution in [3.05, 3.63) is 54.3 Å². The minimum absolute atomic E-state index is 0.165. The molecule has 0 aliphatic carbocycles. The largest absolute Gasteiger partial charge is 0.443 e. The van der Waals surface area contributed by atoms with Gasteiger partial charge in [-0.15, -0.1) is 5.73 Å². The van der Waals surface area contributed by atoms with Crippen molar-refractivity contribution in [3.8, 4) is 0 Å². The molecule has 0 bridgehead atoms. The van der Waals surface area contributed by atoms with E-state index in [0.29, 0.717) is 18.3 Å². The van der Waals surface area contributed by atoms with Crippen molar-refractivity contribution >= 4 is 18.5 Å². The molecule has 0 radical (unpaired) electrons. The van der Waals surface area contributed by atoms with Gasteiger partial charge in [0.1, 0.15) is 16.7 Å². The molecule has 0 saturated carbocycles. The van der Waals surface area contributed by atoms with Gasteiger partial charge in [-0.2, -0.15) is 5.01 Å². The number of benzene rings is 1. The van der Waals surface area contributed by atoms with Gasteiger partial charge in [0.15, 0.2) is 6.29 Å². The lowest BCUT2D eigenvalue weighted by Crippen LogP contribution is -2.60. The molecule has 1 atom stereocenters. The van der Waals surface area contributed by atoms with Gasteiger partial charge in [-0.3, -0.25) is 0 Å². The number of aldehydes is 1. The van der Waals surface area contributed by atoms with E-state index in [1.54, 1.807) is 78.0 Å². The van der Waals surface area contributed by atoms with Gasteiger partial charge in [-0.25, -0.2) is 15.0 Å². The first kappa shape index (κ1) is 25.0. The highest BCUT2D eigenvalue weighted by Gasteiger charge is 2.45. The van der Waals surface area contributed by atoms with Crippen LogP contribution in [-0.4, -0.2) is 34.7 Å². The SMILES string of the molecule is C=C=CCC[C@@](C=O)(c1ccccc1)N(NC(=O)OC(C)(C)C)C(=O)OC(C)(C)C. The molecule has 0 aliphatic rings. The molecular weight excluding hydrogens is 384 g/mol. The summed E-state index contributed by atoms with van der Waals surface area (Å²) in [6.07, 6.45) is 1.06. The van der Waals surface area contributed by atoms with E-state index in [1.165, 1.54) is 0 Å². The van der Waals surface area contributed by atoms with Crippen LogP contribution in [0, 0.1) is 0 Å². The van der Waals surface area contributed by atoms with Gasteiger partial charge in [0, 0.05) is 0 Å². The Hall–Kier alpha value is -3.05. The van der Waals surface area contributed by atoms with E-state index in [1.807, 2.05) is 0 Å². The Morgan fingerprint density at radius 2 is 1.63 bits per heavy atom. The molecule has 0 unspecified atom stereocenters. The van der Waals surface area contributed by atoms with Crippen molar-refractivity contribution in [2.24, 2.45) is 0 Å². The zero-order valence-corrected chi connectivity index (χ0v) is 18.7. The number of amides is 2. The number of rotatable bonds is 6. The average molecular weight is 417 g/mol. The fraction of sp³-hybridized carbons (Fsp3) is 0.478. The van der Waals surface area contributed by atoms with E-state index >= 15 is 0 Å². The molecule has 1 aromatic rings. The monoisotopic (exact) mass is 416 g/mol. The second kappa shape index (κ2) is 10.1. The minimum atomic E-state index is -1.53. The van der Waals surface area contributed by atoms with Crippen LogP contribution in [0.2, 0.25) is 0 Å². The molecule has 2 amide bonds. The molecule has 7 heteroatoms. The van der Waals surface area contributed by atoms with Crippen LogP contribution in [-0.2, 0) is 19.8 Å². The summed E-state index contributed by atoms with van der Waals surface area (Å²) in [6.45, 7) is 13.7. The van der Waals surface area contributed by atoms with Crippen LogP contribution in [0.4, 0.5) is 9.59 Å². The van der Waals surface area contributed by atoms with Crippen LogP contribution in [0.5, 0.6) is 0 Å². The van der Waals surface area contributed by atoms with Crippen molar-refractivity contribution in [3.63, 3.8) is 0 Å².